The fourth-order valence-corrected chi connectivity index (χ4v) is 3.09. The van der Waals surface area contributed by atoms with Gasteiger partial charge in [-0.3, -0.25) is 4.79 Å². The fourth-order valence-electron chi connectivity index (χ4n) is 3.09. The molecule has 0 amide bonds. The van der Waals surface area contributed by atoms with Crippen molar-refractivity contribution in [3.05, 3.63) is 23.3 Å². The van der Waals surface area contributed by atoms with E-state index in [1.54, 1.807) is 19.1 Å². The molecule has 146 valence electrons. The summed E-state index contributed by atoms with van der Waals surface area (Å²) >= 11 is 0. The van der Waals surface area contributed by atoms with E-state index in [1.807, 2.05) is 0 Å². The van der Waals surface area contributed by atoms with Crippen LogP contribution in [0.1, 0.15) is 29.8 Å². The summed E-state index contributed by atoms with van der Waals surface area (Å²) in [5, 5.41) is 1.14. The molecule has 7 nitrogen and oxygen atoms in total. The molecule has 0 N–H and O–H groups in total. The Balaban J connectivity index is 3.07. The van der Waals surface area contributed by atoms with Crippen LogP contribution in [0, 0.1) is 0 Å². The van der Waals surface area contributed by atoms with Crippen molar-refractivity contribution in [1.29, 1.82) is 0 Å². The van der Waals surface area contributed by atoms with Gasteiger partial charge in [0.2, 0.25) is 0 Å². The Bertz CT molecular complexity index is 871. The van der Waals surface area contributed by atoms with Crippen molar-refractivity contribution in [2.75, 3.05) is 35.0 Å². The van der Waals surface area contributed by atoms with E-state index in [-0.39, 0.29) is 30.1 Å². The Morgan fingerprint density at radius 2 is 1.59 bits per heavy atom. The standard InChI is InChI=1S/C20H24O7/c1-7-27-20(22)17-13(8-11(2)21)18(25-5)16-14(19(17)26-6)9-12(23-3)10-15(16)24-4/h9-10H,7-8H2,1-6H3. The summed E-state index contributed by atoms with van der Waals surface area (Å²) in [4.78, 5) is 24.6. The van der Waals surface area contributed by atoms with Gasteiger partial charge in [0.05, 0.1) is 40.4 Å². The van der Waals surface area contributed by atoms with Gasteiger partial charge in [0.1, 0.15) is 34.3 Å². The van der Waals surface area contributed by atoms with Crippen LogP contribution in [-0.2, 0) is 16.0 Å². The largest absolute Gasteiger partial charge is 0.497 e. The summed E-state index contributed by atoms with van der Waals surface area (Å²) in [6.45, 7) is 3.33. The van der Waals surface area contributed by atoms with Crippen LogP contribution in [0.4, 0.5) is 0 Å². The molecule has 0 saturated carbocycles. The lowest BCUT2D eigenvalue weighted by Gasteiger charge is -2.21. The first kappa shape index (κ1) is 20.4. The number of hydrogen-bond acceptors (Lipinski definition) is 7. The predicted molar refractivity (Wildman–Crippen MR) is 100 cm³/mol. The number of esters is 1. The number of methoxy groups -OCH3 is 4. The number of ether oxygens (including phenoxy) is 5. The van der Waals surface area contributed by atoms with Crippen LogP contribution < -0.4 is 18.9 Å². The van der Waals surface area contributed by atoms with E-state index in [1.165, 1.54) is 35.4 Å². The quantitative estimate of drug-likeness (QED) is 0.655. The van der Waals surface area contributed by atoms with Crippen molar-refractivity contribution in [3.63, 3.8) is 0 Å². The molecule has 27 heavy (non-hydrogen) atoms. The lowest BCUT2D eigenvalue weighted by atomic mass is 9.93. The Hall–Kier alpha value is -2.96. The molecular formula is C20H24O7. The van der Waals surface area contributed by atoms with Crippen molar-refractivity contribution >= 4 is 22.5 Å². The number of carbonyl (C=O) groups is 2. The van der Waals surface area contributed by atoms with E-state index in [4.69, 9.17) is 23.7 Å². The van der Waals surface area contributed by atoms with Gasteiger partial charge in [0.25, 0.3) is 0 Å². The maximum Gasteiger partial charge on any atom is 0.342 e. The van der Waals surface area contributed by atoms with Crippen LogP contribution in [0.15, 0.2) is 12.1 Å². The van der Waals surface area contributed by atoms with Gasteiger partial charge in [-0.1, -0.05) is 0 Å². The number of ketones is 1. The van der Waals surface area contributed by atoms with Gasteiger partial charge in [0, 0.05) is 23.4 Å². The molecular weight excluding hydrogens is 352 g/mol. The molecule has 0 heterocycles. The molecule has 0 aliphatic carbocycles. The Morgan fingerprint density at radius 3 is 2.07 bits per heavy atom. The Morgan fingerprint density at radius 1 is 0.926 bits per heavy atom. The van der Waals surface area contributed by atoms with E-state index in [0.717, 1.165) is 0 Å². The highest BCUT2D eigenvalue weighted by Crippen LogP contribution is 2.47. The zero-order valence-corrected chi connectivity index (χ0v) is 16.4. The van der Waals surface area contributed by atoms with Crippen molar-refractivity contribution in [2.24, 2.45) is 0 Å². The van der Waals surface area contributed by atoms with Crippen LogP contribution in [0.2, 0.25) is 0 Å². The minimum atomic E-state index is -0.590. The average molecular weight is 376 g/mol. The van der Waals surface area contributed by atoms with Crippen molar-refractivity contribution in [1.82, 2.24) is 0 Å². The highest BCUT2D eigenvalue weighted by Gasteiger charge is 2.29. The molecule has 2 rings (SSSR count). The van der Waals surface area contributed by atoms with Gasteiger partial charge in [0.15, 0.2) is 0 Å². The Kier molecular flexibility index (Phi) is 6.50. The molecule has 0 aliphatic rings. The third-order valence-electron chi connectivity index (χ3n) is 4.12. The van der Waals surface area contributed by atoms with Gasteiger partial charge < -0.3 is 23.7 Å². The summed E-state index contributed by atoms with van der Waals surface area (Å²) < 4.78 is 27.2. The molecule has 0 aromatic heterocycles. The van der Waals surface area contributed by atoms with Crippen molar-refractivity contribution < 1.29 is 33.3 Å². The molecule has 2 aromatic carbocycles. The first-order valence-electron chi connectivity index (χ1n) is 8.42. The van der Waals surface area contributed by atoms with E-state index in [2.05, 4.69) is 0 Å². The number of benzene rings is 2. The minimum Gasteiger partial charge on any atom is -0.497 e. The van der Waals surface area contributed by atoms with Crippen LogP contribution in [-0.4, -0.2) is 46.8 Å². The maximum atomic E-state index is 12.7. The number of carbonyl (C=O) groups excluding carboxylic acids is 2. The second-order valence-corrected chi connectivity index (χ2v) is 5.77. The molecule has 0 radical (unpaired) electrons. The monoisotopic (exact) mass is 376 g/mol. The zero-order valence-electron chi connectivity index (χ0n) is 16.4. The first-order chi connectivity index (χ1) is 12.9. The molecule has 0 bridgehead atoms. The molecule has 7 heteroatoms. The summed E-state index contributed by atoms with van der Waals surface area (Å²) in [6.07, 6.45) is -0.0151. The predicted octanol–water partition coefficient (Wildman–Crippen LogP) is 3.18. The van der Waals surface area contributed by atoms with E-state index >= 15 is 0 Å². The van der Waals surface area contributed by atoms with Gasteiger partial charge in [-0.05, 0) is 19.9 Å². The third-order valence-corrected chi connectivity index (χ3v) is 4.12. The summed E-state index contributed by atoms with van der Waals surface area (Å²) in [5.41, 5.74) is 0.561. The second kappa shape index (κ2) is 8.62. The highest BCUT2D eigenvalue weighted by molar-refractivity contribution is 6.09. The minimum absolute atomic E-state index is 0.0151. The van der Waals surface area contributed by atoms with Crippen LogP contribution in [0.3, 0.4) is 0 Å². The number of rotatable bonds is 8. The average Bonchev–Trinajstić information content (AvgIpc) is 2.65. The molecule has 2 aromatic rings. The van der Waals surface area contributed by atoms with E-state index in [0.29, 0.717) is 33.6 Å². The fraction of sp³-hybridized carbons (Fsp3) is 0.400. The summed E-state index contributed by atoms with van der Waals surface area (Å²) in [6, 6.07) is 3.42. The molecule has 0 atom stereocenters. The zero-order chi connectivity index (χ0) is 20.1. The van der Waals surface area contributed by atoms with Gasteiger partial charge in [-0.2, -0.15) is 0 Å². The lowest BCUT2D eigenvalue weighted by molar-refractivity contribution is -0.116. The topological polar surface area (TPSA) is 80.3 Å². The summed E-state index contributed by atoms with van der Waals surface area (Å²) in [5.74, 6) is 0.912. The van der Waals surface area contributed by atoms with Gasteiger partial charge in [-0.25, -0.2) is 4.79 Å². The van der Waals surface area contributed by atoms with Crippen LogP contribution in [0.25, 0.3) is 10.8 Å². The normalized spacial score (nSPS) is 10.4. The van der Waals surface area contributed by atoms with E-state index < -0.39 is 5.97 Å². The van der Waals surface area contributed by atoms with Crippen molar-refractivity contribution in [2.45, 2.75) is 20.3 Å². The molecule has 0 fully saturated rings. The first-order valence-corrected chi connectivity index (χ1v) is 8.42. The smallest absolute Gasteiger partial charge is 0.342 e. The van der Waals surface area contributed by atoms with Crippen LogP contribution >= 0.6 is 0 Å². The van der Waals surface area contributed by atoms with Gasteiger partial charge in [-0.15, -0.1) is 0 Å². The number of hydrogen-bond donors (Lipinski definition) is 0. The van der Waals surface area contributed by atoms with Crippen molar-refractivity contribution in [3.8, 4) is 23.0 Å². The lowest BCUT2D eigenvalue weighted by Crippen LogP contribution is -2.14. The summed E-state index contributed by atoms with van der Waals surface area (Å²) in [7, 11) is 5.97. The molecule has 0 unspecified atom stereocenters. The molecule has 0 spiro atoms. The third kappa shape index (κ3) is 3.77. The van der Waals surface area contributed by atoms with Crippen LogP contribution in [0.5, 0.6) is 23.0 Å². The molecule has 0 aliphatic heterocycles. The van der Waals surface area contributed by atoms with E-state index in [9.17, 15) is 9.59 Å². The number of Topliss-reactive ketones (excluding diaryl/α,β-unsaturated/α-hetero) is 1. The SMILES string of the molecule is CCOC(=O)c1c(CC(C)=O)c(OC)c2c(OC)cc(OC)cc2c1OC. The van der Waals surface area contributed by atoms with Gasteiger partial charge >= 0.3 is 5.97 Å². The maximum absolute atomic E-state index is 12.7. The Labute approximate surface area is 158 Å². The number of fused-ring (bicyclic) bond motifs is 1. The molecule has 0 saturated heterocycles. The highest BCUT2D eigenvalue weighted by atomic mass is 16.5. The second-order valence-electron chi connectivity index (χ2n) is 5.77.